The lowest BCUT2D eigenvalue weighted by atomic mass is 9.91. The molecule has 174 valence electrons. The summed E-state index contributed by atoms with van der Waals surface area (Å²) in [5.74, 6) is 0.246. The van der Waals surface area contributed by atoms with Crippen LogP contribution in [0, 0.1) is 6.92 Å². The molecule has 1 saturated heterocycles. The first kappa shape index (κ1) is 22.2. The molecule has 1 atom stereocenters. The minimum atomic E-state index is -1.48. The number of hydrogen-bond acceptors (Lipinski definition) is 8. The van der Waals surface area contributed by atoms with Crippen molar-refractivity contribution in [3.8, 4) is 22.0 Å². The third-order valence-electron chi connectivity index (χ3n) is 6.29. The summed E-state index contributed by atoms with van der Waals surface area (Å²) in [5.41, 5.74) is 3.59. The molecule has 0 radical (unpaired) electrons. The zero-order valence-corrected chi connectivity index (χ0v) is 20.0. The van der Waals surface area contributed by atoms with Gasteiger partial charge in [-0.3, -0.25) is 9.48 Å². The topological polar surface area (TPSA) is 109 Å². The van der Waals surface area contributed by atoms with Crippen LogP contribution in [0.5, 0.6) is 0 Å². The largest absolute Gasteiger partial charge is 0.375 e. The van der Waals surface area contributed by atoms with Gasteiger partial charge in [0.25, 0.3) is 5.91 Å². The Morgan fingerprint density at radius 3 is 2.79 bits per heavy atom. The average Bonchev–Trinajstić information content (AvgIpc) is 3.55. The highest BCUT2D eigenvalue weighted by atomic mass is 32.1. The van der Waals surface area contributed by atoms with Gasteiger partial charge >= 0.3 is 0 Å². The molecule has 1 aliphatic rings. The number of likely N-dealkylation sites (tertiary alicyclic amines) is 1. The SMILES string of the molecule is Cc1c(CNc2nccc(-c3csc(-c4cccc(C5(O)CCN(C)C5=O)c4)n3)n2)cnn1C. The van der Waals surface area contributed by atoms with Crippen molar-refractivity contribution in [1.29, 1.82) is 0 Å². The molecule has 9 nitrogen and oxygen atoms in total. The molecule has 0 aliphatic carbocycles. The molecule has 1 fully saturated rings. The van der Waals surface area contributed by atoms with Crippen LogP contribution >= 0.6 is 11.3 Å². The quantitative estimate of drug-likeness (QED) is 0.441. The molecule has 2 N–H and O–H groups in total. The van der Waals surface area contributed by atoms with Crippen LogP contribution in [0.3, 0.4) is 0 Å². The number of aliphatic hydroxyl groups is 1. The highest BCUT2D eigenvalue weighted by Gasteiger charge is 2.45. The molecule has 3 aromatic heterocycles. The predicted molar refractivity (Wildman–Crippen MR) is 130 cm³/mol. The molecule has 1 unspecified atom stereocenters. The van der Waals surface area contributed by atoms with E-state index in [2.05, 4.69) is 20.4 Å². The number of anilines is 1. The zero-order valence-electron chi connectivity index (χ0n) is 19.2. The Morgan fingerprint density at radius 1 is 1.21 bits per heavy atom. The van der Waals surface area contributed by atoms with E-state index in [-0.39, 0.29) is 5.91 Å². The molecule has 0 saturated carbocycles. The molecule has 0 spiro atoms. The fourth-order valence-electron chi connectivity index (χ4n) is 4.03. The van der Waals surface area contributed by atoms with Gasteiger partial charge in [-0.05, 0) is 24.6 Å². The highest BCUT2D eigenvalue weighted by Crippen LogP contribution is 2.36. The van der Waals surface area contributed by atoms with Gasteiger partial charge < -0.3 is 15.3 Å². The van der Waals surface area contributed by atoms with Gasteiger partial charge in [-0.2, -0.15) is 5.10 Å². The molecular formula is C24H25N7O2S. The smallest absolute Gasteiger partial charge is 0.258 e. The monoisotopic (exact) mass is 475 g/mol. The third-order valence-corrected chi connectivity index (χ3v) is 7.18. The summed E-state index contributed by atoms with van der Waals surface area (Å²) in [5, 5.41) is 21.2. The Labute approximate surface area is 201 Å². The number of benzene rings is 1. The van der Waals surface area contributed by atoms with Crippen LogP contribution in [0.4, 0.5) is 5.95 Å². The molecule has 4 heterocycles. The Kier molecular flexibility index (Phi) is 5.62. The number of nitrogens with one attached hydrogen (secondary N) is 1. The summed E-state index contributed by atoms with van der Waals surface area (Å²) in [6, 6.07) is 9.25. The van der Waals surface area contributed by atoms with Gasteiger partial charge in [0.05, 0.1) is 11.9 Å². The lowest BCUT2D eigenvalue weighted by Crippen LogP contribution is -2.36. The first-order valence-electron chi connectivity index (χ1n) is 10.9. The first-order chi connectivity index (χ1) is 16.3. The number of carbonyl (C=O) groups is 1. The minimum Gasteiger partial charge on any atom is -0.375 e. The molecule has 1 aliphatic heterocycles. The average molecular weight is 476 g/mol. The number of amides is 1. The molecule has 1 amide bonds. The molecule has 34 heavy (non-hydrogen) atoms. The van der Waals surface area contributed by atoms with Crippen molar-refractivity contribution in [3.05, 3.63) is 64.9 Å². The summed E-state index contributed by atoms with van der Waals surface area (Å²) in [7, 11) is 3.62. The van der Waals surface area contributed by atoms with E-state index in [1.54, 1.807) is 24.2 Å². The number of aryl methyl sites for hydroxylation is 1. The number of rotatable bonds is 6. The van der Waals surface area contributed by atoms with Crippen LogP contribution in [0.2, 0.25) is 0 Å². The summed E-state index contributed by atoms with van der Waals surface area (Å²) >= 11 is 1.49. The number of carbonyl (C=O) groups excluding carboxylic acids is 1. The van der Waals surface area contributed by atoms with Crippen molar-refractivity contribution >= 4 is 23.2 Å². The number of hydrogen-bond donors (Lipinski definition) is 2. The number of thiazole rings is 1. The number of nitrogens with zero attached hydrogens (tertiary/aromatic N) is 6. The molecule has 5 rings (SSSR count). The molecule has 4 aromatic rings. The van der Waals surface area contributed by atoms with Gasteiger partial charge in [0.2, 0.25) is 5.95 Å². The fourth-order valence-corrected chi connectivity index (χ4v) is 4.84. The van der Waals surface area contributed by atoms with Crippen molar-refractivity contribution in [1.82, 2.24) is 29.6 Å². The van der Waals surface area contributed by atoms with E-state index in [1.807, 2.05) is 54.5 Å². The number of likely N-dealkylation sites (N-methyl/N-ethyl adjacent to an activating group) is 1. The van der Waals surface area contributed by atoms with E-state index in [9.17, 15) is 9.90 Å². The van der Waals surface area contributed by atoms with Crippen LogP contribution in [0.1, 0.15) is 23.2 Å². The van der Waals surface area contributed by atoms with E-state index >= 15 is 0 Å². The van der Waals surface area contributed by atoms with Crippen LogP contribution in [0.15, 0.2) is 48.1 Å². The zero-order chi connectivity index (χ0) is 23.9. The Bertz CT molecular complexity index is 1360. The van der Waals surface area contributed by atoms with E-state index in [0.717, 1.165) is 27.5 Å². The standard InChI is InChI=1S/C24H25N7O2S/c1-15-17(13-27-31(15)3)12-26-23-25-9-7-19(29-23)20-14-34-21(28-20)16-5-4-6-18(11-16)24(33)8-10-30(2)22(24)32/h4-7,9,11,13-14,33H,8,10,12H2,1-3H3,(H,25,26,29). The van der Waals surface area contributed by atoms with Crippen LogP contribution in [0.25, 0.3) is 22.0 Å². The van der Waals surface area contributed by atoms with Crippen LogP contribution in [-0.4, -0.2) is 54.2 Å². The summed E-state index contributed by atoms with van der Waals surface area (Å²) in [4.78, 5) is 27.8. The maximum atomic E-state index is 12.5. The number of aromatic nitrogens is 5. The second-order valence-corrected chi connectivity index (χ2v) is 9.31. The fraction of sp³-hybridized carbons (Fsp3) is 0.292. The van der Waals surface area contributed by atoms with E-state index in [1.165, 1.54) is 11.3 Å². The Balaban J connectivity index is 1.36. The molecule has 0 bridgehead atoms. The second kappa shape index (κ2) is 8.62. The predicted octanol–water partition coefficient (Wildman–Crippen LogP) is 2.97. The van der Waals surface area contributed by atoms with Gasteiger partial charge in [-0.15, -0.1) is 11.3 Å². The van der Waals surface area contributed by atoms with Crippen LogP contribution in [-0.2, 0) is 24.0 Å². The highest BCUT2D eigenvalue weighted by molar-refractivity contribution is 7.13. The van der Waals surface area contributed by atoms with E-state index in [4.69, 9.17) is 4.98 Å². The molecule has 10 heteroatoms. The Hall–Kier alpha value is -3.63. The molecular weight excluding hydrogens is 450 g/mol. The van der Waals surface area contributed by atoms with Gasteiger partial charge in [0, 0.05) is 62.0 Å². The van der Waals surface area contributed by atoms with E-state index < -0.39 is 5.60 Å². The van der Waals surface area contributed by atoms with Crippen LogP contribution < -0.4 is 5.32 Å². The molecule has 1 aromatic carbocycles. The van der Waals surface area contributed by atoms with Crippen molar-refractivity contribution in [2.24, 2.45) is 7.05 Å². The first-order valence-corrected chi connectivity index (χ1v) is 11.8. The van der Waals surface area contributed by atoms with Gasteiger partial charge in [-0.25, -0.2) is 15.0 Å². The van der Waals surface area contributed by atoms with Gasteiger partial charge in [0.15, 0.2) is 5.60 Å². The van der Waals surface area contributed by atoms with E-state index in [0.29, 0.717) is 36.7 Å². The third kappa shape index (κ3) is 3.95. The van der Waals surface area contributed by atoms with Crippen molar-refractivity contribution in [3.63, 3.8) is 0 Å². The Morgan fingerprint density at radius 2 is 2.06 bits per heavy atom. The van der Waals surface area contributed by atoms with Crippen molar-refractivity contribution in [2.45, 2.75) is 25.5 Å². The second-order valence-electron chi connectivity index (χ2n) is 8.45. The lowest BCUT2D eigenvalue weighted by molar-refractivity contribution is -0.143. The maximum absolute atomic E-state index is 12.5. The normalized spacial score (nSPS) is 18.0. The summed E-state index contributed by atoms with van der Waals surface area (Å²) in [6.45, 7) is 3.13. The maximum Gasteiger partial charge on any atom is 0.258 e. The minimum absolute atomic E-state index is 0.271. The summed E-state index contributed by atoms with van der Waals surface area (Å²) in [6.07, 6.45) is 3.92. The van der Waals surface area contributed by atoms with Gasteiger partial charge in [-0.1, -0.05) is 18.2 Å². The van der Waals surface area contributed by atoms with Gasteiger partial charge in [0.1, 0.15) is 10.7 Å². The summed E-state index contributed by atoms with van der Waals surface area (Å²) < 4.78 is 1.83. The van der Waals surface area contributed by atoms with Crippen molar-refractivity contribution < 1.29 is 9.90 Å². The van der Waals surface area contributed by atoms with Crippen molar-refractivity contribution in [2.75, 3.05) is 18.9 Å². The lowest BCUT2D eigenvalue weighted by Gasteiger charge is -2.21.